The van der Waals surface area contributed by atoms with E-state index < -0.39 is 40.6 Å². The minimum Gasteiger partial charge on any atom is -0.496 e. The van der Waals surface area contributed by atoms with Gasteiger partial charge in [0, 0.05) is 29.2 Å². The van der Waals surface area contributed by atoms with Crippen LogP contribution in [0.25, 0.3) is 0 Å². The quantitative estimate of drug-likeness (QED) is 0.443. The molecule has 2 aliphatic rings. The number of aliphatic imine (C=N–C) groups is 1. The van der Waals surface area contributed by atoms with Gasteiger partial charge < -0.3 is 30.4 Å². The Balaban J connectivity index is 1.78. The summed E-state index contributed by atoms with van der Waals surface area (Å²) in [6, 6.07) is 11.0. The predicted molar refractivity (Wildman–Crippen MR) is 156 cm³/mol. The molecule has 0 radical (unpaired) electrons. The molecule has 4 rings (SSSR count). The fourth-order valence-electron chi connectivity index (χ4n) is 5.84. The second-order valence-corrected chi connectivity index (χ2v) is 12.6. The first-order valence-corrected chi connectivity index (χ1v) is 13.7. The largest absolute Gasteiger partial charge is 0.496 e. The molecule has 2 aromatic carbocycles. The van der Waals surface area contributed by atoms with Gasteiger partial charge in [0.25, 0.3) is 5.91 Å². The van der Waals surface area contributed by atoms with Crippen molar-refractivity contribution < 1.29 is 28.9 Å². The van der Waals surface area contributed by atoms with Gasteiger partial charge in [0.05, 0.1) is 37.8 Å². The summed E-state index contributed by atoms with van der Waals surface area (Å²) in [5.41, 5.74) is 5.81. The lowest BCUT2D eigenvalue weighted by Gasteiger charge is -2.45. The van der Waals surface area contributed by atoms with E-state index in [9.17, 15) is 14.7 Å². The number of amides is 2. The van der Waals surface area contributed by atoms with Gasteiger partial charge in [-0.15, -0.1) is 0 Å². The number of hydrogen-bond donors (Lipinski definition) is 3. The van der Waals surface area contributed by atoms with E-state index in [1.54, 1.807) is 39.2 Å². The Morgan fingerprint density at radius 1 is 1.22 bits per heavy atom. The number of ether oxygens (including phenoxy) is 3. The summed E-state index contributed by atoms with van der Waals surface area (Å²) in [5.74, 6) is 0.602. The van der Waals surface area contributed by atoms with E-state index in [-0.39, 0.29) is 24.9 Å². The van der Waals surface area contributed by atoms with Gasteiger partial charge in [0.1, 0.15) is 23.2 Å². The van der Waals surface area contributed by atoms with E-state index in [0.29, 0.717) is 28.2 Å². The van der Waals surface area contributed by atoms with Crippen molar-refractivity contribution in [1.82, 2.24) is 10.2 Å². The Morgan fingerprint density at radius 2 is 1.90 bits per heavy atom. The van der Waals surface area contributed by atoms with Gasteiger partial charge in [-0.05, 0) is 52.0 Å². The number of fused-ring (bicyclic) bond motifs is 1. The van der Waals surface area contributed by atoms with Crippen LogP contribution < -0.4 is 20.5 Å². The Labute approximate surface area is 241 Å². The molecular formula is C31H42N4O6. The average Bonchev–Trinajstić information content (AvgIpc) is 2.87. The zero-order chi connectivity index (χ0) is 30.3. The molecule has 0 saturated carbocycles. The number of aliphatic hydroxyl groups is 1. The molecule has 41 heavy (non-hydrogen) atoms. The van der Waals surface area contributed by atoms with Crippen molar-refractivity contribution in [3.05, 3.63) is 59.2 Å². The first kappa shape index (κ1) is 30.3. The highest BCUT2D eigenvalue weighted by molar-refractivity contribution is 6.00. The third kappa shape index (κ3) is 5.90. The van der Waals surface area contributed by atoms with Crippen LogP contribution in [0.4, 0.5) is 0 Å². The maximum absolute atomic E-state index is 13.8. The Morgan fingerprint density at radius 3 is 2.54 bits per heavy atom. The van der Waals surface area contributed by atoms with Crippen LogP contribution in [0.1, 0.15) is 81.5 Å². The number of methoxy groups -OCH3 is 2. The molecule has 2 aliphatic heterocycles. The van der Waals surface area contributed by atoms with Crippen molar-refractivity contribution >= 4 is 17.8 Å². The Kier molecular flexibility index (Phi) is 8.12. The highest BCUT2D eigenvalue weighted by Crippen LogP contribution is 2.45. The number of nitrogens with one attached hydrogen (secondary N) is 1. The molecular weight excluding hydrogens is 524 g/mol. The van der Waals surface area contributed by atoms with E-state index >= 15 is 0 Å². The Bertz CT molecular complexity index is 1350. The monoisotopic (exact) mass is 566 g/mol. The smallest absolute Gasteiger partial charge is 0.251 e. The lowest BCUT2D eigenvalue weighted by Crippen LogP contribution is -2.55. The summed E-state index contributed by atoms with van der Waals surface area (Å²) in [5, 5.41) is 14.2. The summed E-state index contributed by atoms with van der Waals surface area (Å²) in [4.78, 5) is 33.4. The Hall–Kier alpha value is -3.63. The molecule has 10 nitrogen and oxygen atoms in total. The van der Waals surface area contributed by atoms with E-state index in [2.05, 4.69) is 10.3 Å². The minimum absolute atomic E-state index is 0.0986. The van der Waals surface area contributed by atoms with Gasteiger partial charge >= 0.3 is 0 Å². The fraction of sp³-hybridized carbons (Fsp3) is 0.516. The molecule has 222 valence electrons. The predicted octanol–water partition coefficient (Wildman–Crippen LogP) is 3.74. The third-order valence-corrected chi connectivity index (χ3v) is 7.76. The average molecular weight is 567 g/mol. The zero-order valence-electron chi connectivity index (χ0n) is 25.1. The van der Waals surface area contributed by atoms with Gasteiger partial charge in [-0.2, -0.15) is 0 Å². The first-order valence-electron chi connectivity index (χ1n) is 13.7. The van der Waals surface area contributed by atoms with Gasteiger partial charge in [-0.25, -0.2) is 4.99 Å². The van der Waals surface area contributed by atoms with Crippen molar-refractivity contribution in [2.24, 2.45) is 16.1 Å². The van der Waals surface area contributed by atoms with Gasteiger partial charge in [-0.1, -0.05) is 32.0 Å². The van der Waals surface area contributed by atoms with Crippen molar-refractivity contribution in [1.29, 1.82) is 0 Å². The molecule has 0 aromatic heterocycles. The molecule has 0 saturated heterocycles. The molecule has 2 amide bonds. The number of guanidine groups is 1. The molecule has 0 spiro atoms. The topological polar surface area (TPSA) is 136 Å². The summed E-state index contributed by atoms with van der Waals surface area (Å²) in [6.07, 6.45) is -0.829. The molecule has 0 fully saturated rings. The number of rotatable bonds is 8. The van der Waals surface area contributed by atoms with Crippen molar-refractivity contribution in [3.63, 3.8) is 0 Å². The maximum atomic E-state index is 13.8. The number of aliphatic hydroxyl groups excluding tert-OH is 1. The SMILES string of the molecule is COCC(C)(C)C(c1cc(C(=O)N[C@@H]2c3ccccc3OC(C)(C)[C@H]2O)ccc1OC)N1C(=O)CC(C)(C)N=C1N. The number of para-hydroxylation sites is 1. The minimum atomic E-state index is -1.00. The van der Waals surface area contributed by atoms with E-state index in [0.717, 1.165) is 0 Å². The summed E-state index contributed by atoms with van der Waals surface area (Å²) in [7, 11) is 3.13. The lowest BCUT2D eigenvalue weighted by atomic mass is 9.78. The van der Waals surface area contributed by atoms with Crippen LogP contribution in [0.15, 0.2) is 47.5 Å². The molecule has 0 bridgehead atoms. The number of nitrogens with zero attached hydrogens (tertiary/aromatic N) is 2. The van der Waals surface area contributed by atoms with E-state index in [1.807, 2.05) is 52.0 Å². The zero-order valence-corrected chi connectivity index (χ0v) is 25.1. The van der Waals surface area contributed by atoms with Crippen LogP contribution in [0, 0.1) is 5.41 Å². The van der Waals surface area contributed by atoms with Crippen molar-refractivity contribution in [2.45, 2.75) is 77.3 Å². The second kappa shape index (κ2) is 11.0. The van der Waals surface area contributed by atoms with Crippen LogP contribution in [0.5, 0.6) is 11.5 Å². The van der Waals surface area contributed by atoms with Gasteiger partial charge in [-0.3, -0.25) is 14.5 Å². The summed E-state index contributed by atoms with van der Waals surface area (Å²) < 4.78 is 17.3. The second-order valence-electron chi connectivity index (χ2n) is 12.6. The summed E-state index contributed by atoms with van der Waals surface area (Å²) in [6.45, 7) is 11.5. The van der Waals surface area contributed by atoms with Crippen LogP contribution in [0.2, 0.25) is 0 Å². The van der Waals surface area contributed by atoms with Crippen LogP contribution in [0.3, 0.4) is 0 Å². The molecule has 2 aromatic rings. The molecule has 2 heterocycles. The van der Waals surface area contributed by atoms with Gasteiger partial charge in [0.15, 0.2) is 5.96 Å². The van der Waals surface area contributed by atoms with Crippen LogP contribution in [-0.2, 0) is 9.53 Å². The highest BCUT2D eigenvalue weighted by Gasteiger charge is 2.46. The normalized spacial score (nSPS) is 22.2. The first-order chi connectivity index (χ1) is 19.1. The number of benzene rings is 2. The van der Waals surface area contributed by atoms with Gasteiger partial charge in [0.2, 0.25) is 5.91 Å². The molecule has 0 aliphatic carbocycles. The van der Waals surface area contributed by atoms with Crippen LogP contribution in [-0.4, -0.2) is 65.9 Å². The van der Waals surface area contributed by atoms with E-state index in [1.165, 1.54) is 12.0 Å². The maximum Gasteiger partial charge on any atom is 0.251 e. The number of hydrogen-bond acceptors (Lipinski definition) is 8. The number of carbonyl (C=O) groups is 2. The molecule has 4 N–H and O–H groups in total. The molecule has 1 unspecified atom stereocenters. The third-order valence-electron chi connectivity index (χ3n) is 7.76. The fourth-order valence-corrected chi connectivity index (χ4v) is 5.84. The summed E-state index contributed by atoms with van der Waals surface area (Å²) >= 11 is 0. The number of carbonyl (C=O) groups excluding carboxylic acids is 2. The standard InChI is InChI=1S/C31H42N4O6/c1-29(2,17-39-7)25(35-23(36)16-30(3,4)34-28(35)32)20-15-18(13-14-21(20)40-8)27(38)33-24-19-11-9-10-12-22(19)41-31(5,6)26(24)37/h9-15,24-26,37H,16-17H2,1-8H3,(H2,32,34)(H,33,38)/t24-,25?,26+/m1/s1. The lowest BCUT2D eigenvalue weighted by molar-refractivity contribution is -0.134. The van der Waals surface area contributed by atoms with Crippen LogP contribution >= 0.6 is 0 Å². The molecule has 3 atom stereocenters. The molecule has 10 heteroatoms. The highest BCUT2D eigenvalue weighted by atomic mass is 16.5. The number of nitrogens with two attached hydrogens (primary N) is 1. The van der Waals surface area contributed by atoms with Crippen molar-refractivity contribution in [2.75, 3.05) is 20.8 Å². The van der Waals surface area contributed by atoms with E-state index in [4.69, 9.17) is 19.9 Å². The van der Waals surface area contributed by atoms with Crippen molar-refractivity contribution in [3.8, 4) is 11.5 Å².